The van der Waals surface area contributed by atoms with E-state index in [1.165, 1.54) is 24.6 Å². The largest absolute Gasteiger partial charge is 0.497 e. The van der Waals surface area contributed by atoms with Crippen LogP contribution in [0.3, 0.4) is 0 Å². The third-order valence-electron chi connectivity index (χ3n) is 5.10. The monoisotopic (exact) mass is 434 g/mol. The predicted octanol–water partition coefficient (Wildman–Crippen LogP) is 2.75. The number of anilines is 1. The third kappa shape index (κ3) is 4.68. The number of rotatable bonds is 7. The Balaban J connectivity index is 1.77. The molecule has 0 aromatic heterocycles. The summed E-state index contributed by atoms with van der Waals surface area (Å²) in [6, 6.07) is 11.6. The maximum Gasteiger partial charge on any atom is 0.246 e. The third-order valence-corrected chi connectivity index (χ3v) is 6.99. The van der Waals surface area contributed by atoms with Crippen LogP contribution in [0.5, 0.6) is 17.2 Å². The summed E-state index contributed by atoms with van der Waals surface area (Å²) in [7, 11) is 0.607. The van der Waals surface area contributed by atoms with Gasteiger partial charge in [-0.15, -0.1) is 0 Å². The van der Waals surface area contributed by atoms with Crippen molar-refractivity contribution < 1.29 is 27.4 Å². The van der Waals surface area contributed by atoms with Crippen molar-refractivity contribution in [1.82, 2.24) is 4.31 Å². The first-order valence-corrected chi connectivity index (χ1v) is 11.0. The number of methoxy groups -OCH3 is 3. The molecule has 0 aliphatic carbocycles. The van der Waals surface area contributed by atoms with Crippen LogP contribution < -0.4 is 19.5 Å². The number of amides is 1. The first kappa shape index (κ1) is 21.9. The van der Waals surface area contributed by atoms with E-state index in [1.807, 2.05) is 0 Å². The van der Waals surface area contributed by atoms with Crippen LogP contribution in [0.15, 0.2) is 47.4 Å². The van der Waals surface area contributed by atoms with Crippen LogP contribution >= 0.6 is 0 Å². The molecule has 0 bridgehead atoms. The van der Waals surface area contributed by atoms with Crippen molar-refractivity contribution in [2.45, 2.75) is 17.7 Å². The average molecular weight is 435 g/mol. The van der Waals surface area contributed by atoms with Crippen LogP contribution in [0.4, 0.5) is 5.69 Å². The Morgan fingerprint density at radius 1 is 1.00 bits per heavy atom. The van der Waals surface area contributed by atoms with Crippen LogP contribution in [0.2, 0.25) is 0 Å². The fourth-order valence-corrected chi connectivity index (χ4v) is 5.11. The Morgan fingerprint density at radius 2 is 1.67 bits per heavy atom. The maximum atomic E-state index is 13.3. The summed E-state index contributed by atoms with van der Waals surface area (Å²) >= 11 is 0. The van der Waals surface area contributed by atoms with Gasteiger partial charge in [-0.05, 0) is 49.2 Å². The number of hydrogen-bond acceptors (Lipinski definition) is 6. The molecular formula is C21H26N2O6S. The van der Waals surface area contributed by atoms with Gasteiger partial charge in [-0.25, -0.2) is 8.42 Å². The summed E-state index contributed by atoms with van der Waals surface area (Å²) < 4.78 is 43.4. The van der Waals surface area contributed by atoms with Gasteiger partial charge in [0.2, 0.25) is 15.9 Å². The predicted molar refractivity (Wildman–Crippen MR) is 113 cm³/mol. The molecule has 9 heteroatoms. The molecule has 1 saturated heterocycles. The molecule has 1 fully saturated rings. The van der Waals surface area contributed by atoms with E-state index in [9.17, 15) is 13.2 Å². The lowest BCUT2D eigenvalue weighted by atomic mass is 9.99. The summed E-state index contributed by atoms with van der Waals surface area (Å²) in [6.45, 7) is 0.444. The molecule has 2 aromatic rings. The van der Waals surface area contributed by atoms with Gasteiger partial charge in [-0.2, -0.15) is 4.31 Å². The van der Waals surface area contributed by atoms with Gasteiger partial charge in [0.15, 0.2) is 0 Å². The molecule has 162 valence electrons. The number of benzene rings is 2. The molecule has 1 aliphatic rings. The highest BCUT2D eigenvalue weighted by atomic mass is 32.2. The molecule has 1 amide bonds. The summed E-state index contributed by atoms with van der Waals surface area (Å²) in [5, 5.41) is 2.85. The minimum atomic E-state index is -3.85. The number of nitrogens with zero attached hydrogens (tertiary/aromatic N) is 1. The number of ether oxygens (including phenoxy) is 3. The first-order valence-electron chi connectivity index (χ1n) is 9.56. The van der Waals surface area contributed by atoms with Gasteiger partial charge in [0, 0.05) is 24.8 Å². The van der Waals surface area contributed by atoms with E-state index in [-0.39, 0.29) is 23.1 Å². The van der Waals surface area contributed by atoms with Gasteiger partial charge in [0.25, 0.3) is 0 Å². The second kappa shape index (κ2) is 9.36. The van der Waals surface area contributed by atoms with Crippen molar-refractivity contribution in [3.63, 3.8) is 0 Å². The summed E-state index contributed by atoms with van der Waals surface area (Å²) in [5.41, 5.74) is 0.634. The van der Waals surface area contributed by atoms with Crippen molar-refractivity contribution in [3.8, 4) is 17.2 Å². The average Bonchev–Trinajstić information content (AvgIpc) is 2.79. The molecular weight excluding hydrogens is 408 g/mol. The van der Waals surface area contributed by atoms with Gasteiger partial charge in [-0.1, -0.05) is 0 Å². The molecule has 0 spiro atoms. The van der Waals surface area contributed by atoms with E-state index in [1.54, 1.807) is 43.5 Å². The van der Waals surface area contributed by atoms with Gasteiger partial charge >= 0.3 is 0 Å². The molecule has 1 atom stereocenters. The number of sulfonamides is 1. The van der Waals surface area contributed by atoms with Crippen LogP contribution in [-0.2, 0) is 14.8 Å². The minimum Gasteiger partial charge on any atom is -0.497 e. The normalized spacial score (nSPS) is 17.2. The van der Waals surface area contributed by atoms with Crippen molar-refractivity contribution in [1.29, 1.82) is 0 Å². The Morgan fingerprint density at radius 3 is 2.30 bits per heavy atom. The highest BCUT2D eigenvalue weighted by Crippen LogP contribution is 2.33. The van der Waals surface area contributed by atoms with Crippen LogP contribution in [0, 0.1) is 5.92 Å². The first-order chi connectivity index (χ1) is 14.4. The van der Waals surface area contributed by atoms with Gasteiger partial charge < -0.3 is 19.5 Å². The van der Waals surface area contributed by atoms with E-state index >= 15 is 0 Å². The number of carbonyl (C=O) groups is 1. The highest BCUT2D eigenvalue weighted by Gasteiger charge is 2.35. The van der Waals surface area contributed by atoms with E-state index in [2.05, 4.69) is 5.32 Å². The lowest BCUT2D eigenvalue weighted by Crippen LogP contribution is -2.43. The fourth-order valence-electron chi connectivity index (χ4n) is 3.42. The van der Waals surface area contributed by atoms with E-state index in [0.717, 1.165) is 0 Å². The summed E-state index contributed by atoms with van der Waals surface area (Å²) in [4.78, 5) is 12.8. The lowest BCUT2D eigenvalue weighted by molar-refractivity contribution is -0.120. The Hall–Kier alpha value is -2.78. The topological polar surface area (TPSA) is 94.2 Å². The molecule has 1 heterocycles. The number of carbonyl (C=O) groups excluding carboxylic acids is 1. The quantitative estimate of drug-likeness (QED) is 0.720. The second-order valence-electron chi connectivity index (χ2n) is 6.94. The SMILES string of the molecule is COc1ccc(NC(=O)[C@H]2CCCN(S(=O)(=O)c3cc(OC)ccc3OC)C2)cc1. The Kier molecular flexibility index (Phi) is 6.84. The second-order valence-corrected chi connectivity index (χ2v) is 8.84. The highest BCUT2D eigenvalue weighted by molar-refractivity contribution is 7.89. The van der Waals surface area contributed by atoms with Crippen LogP contribution in [-0.4, -0.2) is 53.0 Å². The Bertz CT molecular complexity index is 991. The van der Waals surface area contributed by atoms with Crippen molar-refractivity contribution >= 4 is 21.6 Å². The molecule has 8 nitrogen and oxygen atoms in total. The molecule has 0 unspecified atom stereocenters. The van der Waals surface area contributed by atoms with Crippen molar-refractivity contribution in [3.05, 3.63) is 42.5 Å². The maximum absolute atomic E-state index is 13.3. The van der Waals surface area contributed by atoms with Gasteiger partial charge in [0.1, 0.15) is 22.1 Å². The smallest absolute Gasteiger partial charge is 0.246 e. The number of piperidine rings is 1. The molecule has 1 aliphatic heterocycles. The summed E-state index contributed by atoms with van der Waals surface area (Å²) in [6.07, 6.45) is 1.20. The molecule has 0 radical (unpaired) electrons. The standard InChI is InChI=1S/C21H26N2O6S/c1-27-17-8-6-16(7-9-17)22-21(24)15-5-4-12-23(14-15)30(25,26)20-13-18(28-2)10-11-19(20)29-3/h6-11,13,15H,4-5,12,14H2,1-3H3,(H,22,24)/t15-/m0/s1. The van der Waals surface area contributed by atoms with Crippen LogP contribution in [0.1, 0.15) is 12.8 Å². The zero-order valence-corrected chi connectivity index (χ0v) is 18.1. The summed E-state index contributed by atoms with van der Waals surface area (Å²) in [5.74, 6) is 0.681. The van der Waals surface area contributed by atoms with Gasteiger partial charge in [-0.3, -0.25) is 4.79 Å². The Labute approximate surface area is 176 Å². The van der Waals surface area contributed by atoms with E-state index in [0.29, 0.717) is 36.6 Å². The molecule has 3 rings (SSSR count). The van der Waals surface area contributed by atoms with Crippen molar-refractivity contribution in [2.24, 2.45) is 5.92 Å². The molecule has 30 heavy (non-hydrogen) atoms. The number of hydrogen-bond donors (Lipinski definition) is 1. The van der Waals surface area contributed by atoms with Crippen molar-refractivity contribution in [2.75, 3.05) is 39.7 Å². The zero-order chi connectivity index (χ0) is 21.7. The molecule has 0 saturated carbocycles. The minimum absolute atomic E-state index is 0.0283. The lowest BCUT2D eigenvalue weighted by Gasteiger charge is -2.31. The van der Waals surface area contributed by atoms with Gasteiger partial charge in [0.05, 0.1) is 27.2 Å². The molecule has 2 aromatic carbocycles. The van der Waals surface area contributed by atoms with E-state index in [4.69, 9.17) is 14.2 Å². The number of nitrogens with one attached hydrogen (secondary N) is 1. The molecule has 1 N–H and O–H groups in total. The fraction of sp³-hybridized carbons (Fsp3) is 0.381. The van der Waals surface area contributed by atoms with Crippen LogP contribution in [0.25, 0.3) is 0 Å². The zero-order valence-electron chi connectivity index (χ0n) is 17.3. The van der Waals surface area contributed by atoms with E-state index < -0.39 is 15.9 Å².